The molecule has 0 unspecified atom stereocenters. The second kappa shape index (κ2) is 6.33. The zero-order valence-corrected chi connectivity index (χ0v) is 15.1. The van der Waals surface area contributed by atoms with Crippen LogP contribution in [0.15, 0.2) is 56.9 Å². The van der Waals surface area contributed by atoms with Crippen LogP contribution in [-0.4, -0.2) is 9.55 Å². The van der Waals surface area contributed by atoms with Gasteiger partial charge in [-0.1, -0.05) is 45.9 Å². The first-order valence-corrected chi connectivity index (χ1v) is 9.49. The normalized spacial score (nSPS) is 14.2. The van der Waals surface area contributed by atoms with Gasteiger partial charge in [-0.15, -0.1) is 0 Å². The predicted octanol–water partition coefficient (Wildman–Crippen LogP) is 4.93. The van der Waals surface area contributed by atoms with Crippen LogP contribution in [0.5, 0.6) is 0 Å². The number of aromatic nitrogens is 2. The van der Waals surface area contributed by atoms with Gasteiger partial charge in [0.15, 0.2) is 5.16 Å². The number of hydrogen-bond donors (Lipinski definition) is 0. The van der Waals surface area contributed by atoms with Crippen molar-refractivity contribution in [3.05, 3.63) is 68.7 Å². The Morgan fingerprint density at radius 3 is 2.79 bits per heavy atom. The zero-order chi connectivity index (χ0) is 16.7. The van der Waals surface area contributed by atoms with Crippen molar-refractivity contribution < 1.29 is 4.39 Å². The van der Waals surface area contributed by atoms with Crippen molar-refractivity contribution in [1.82, 2.24) is 9.55 Å². The minimum atomic E-state index is -0.269. The van der Waals surface area contributed by atoms with Crippen molar-refractivity contribution in [1.29, 1.82) is 0 Å². The lowest BCUT2D eigenvalue weighted by Crippen LogP contribution is -2.22. The van der Waals surface area contributed by atoms with Crippen LogP contribution in [0.1, 0.15) is 24.4 Å². The first-order chi connectivity index (χ1) is 11.6. The predicted molar refractivity (Wildman–Crippen MR) is 97.9 cm³/mol. The van der Waals surface area contributed by atoms with Gasteiger partial charge in [0.25, 0.3) is 5.56 Å². The molecule has 0 atom stereocenters. The van der Waals surface area contributed by atoms with E-state index < -0.39 is 0 Å². The molecule has 1 aliphatic rings. The van der Waals surface area contributed by atoms with Gasteiger partial charge in [-0.2, -0.15) is 0 Å². The summed E-state index contributed by atoms with van der Waals surface area (Å²) in [7, 11) is 0. The first kappa shape index (κ1) is 15.8. The molecule has 6 heteroatoms. The van der Waals surface area contributed by atoms with Gasteiger partial charge in [0.05, 0.1) is 10.9 Å². The lowest BCUT2D eigenvalue weighted by Gasteiger charge is -2.12. The number of thioether (sulfide) groups is 1. The number of hydrogen-bond acceptors (Lipinski definition) is 3. The van der Waals surface area contributed by atoms with Crippen molar-refractivity contribution in [2.24, 2.45) is 0 Å². The Kier molecular flexibility index (Phi) is 4.18. The molecule has 0 amide bonds. The molecular formula is C18H14BrFN2OS. The van der Waals surface area contributed by atoms with Crippen LogP contribution >= 0.6 is 27.7 Å². The Balaban J connectivity index is 1.73. The molecule has 0 radical (unpaired) electrons. The van der Waals surface area contributed by atoms with Gasteiger partial charge < -0.3 is 0 Å². The minimum absolute atomic E-state index is 0.0313. The average molecular weight is 405 g/mol. The fraction of sp³-hybridized carbons (Fsp3) is 0.222. The number of nitrogens with zero attached hydrogens (tertiary/aromatic N) is 2. The molecule has 1 aromatic heterocycles. The molecule has 1 fully saturated rings. The fourth-order valence-corrected chi connectivity index (χ4v) is 4.41. The second-order valence-electron chi connectivity index (χ2n) is 5.84. The van der Waals surface area contributed by atoms with Gasteiger partial charge in [0, 0.05) is 16.3 Å². The molecule has 1 heterocycles. The summed E-state index contributed by atoms with van der Waals surface area (Å²) in [6.45, 7) is 0. The van der Waals surface area contributed by atoms with Crippen molar-refractivity contribution in [2.45, 2.75) is 29.8 Å². The number of fused-ring (bicyclic) bond motifs is 1. The van der Waals surface area contributed by atoms with E-state index in [0.717, 1.165) is 33.6 Å². The molecule has 1 aliphatic carbocycles. The maximum atomic E-state index is 13.2. The van der Waals surface area contributed by atoms with Crippen LogP contribution in [0.3, 0.4) is 0 Å². The standard InChI is InChI=1S/C18H14BrFN2OS/c19-15-9-12(20)6-5-11(15)10-24-18-21-16-4-2-1-3-14(16)17(23)22(18)13-7-8-13/h1-6,9,13H,7-8,10H2. The molecule has 0 saturated heterocycles. The van der Waals surface area contributed by atoms with E-state index in [4.69, 9.17) is 4.98 Å². The van der Waals surface area contributed by atoms with Gasteiger partial charge in [-0.3, -0.25) is 9.36 Å². The number of benzene rings is 2. The van der Waals surface area contributed by atoms with E-state index in [1.54, 1.807) is 6.07 Å². The second-order valence-corrected chi connectivity index (χ2v) is 7.64. The molecule has 1 saturated carbocycles. The topological polar surface area (TPSA) is 34.9 Å². The quantitative estimate of drug-likeness (QED) is 0.456. The van der Waals surface area contributed by atoms with Crippen LogP contribution in [0.2, 0.25) is 0 Å². The van der Waals surface area contributed by atoms with Gasteiger partial charge in [0.2, 0.25) is 0 Å². The highest BCUT2D eigenvalue weighted by Crippen LogP contribution is 2.37. The molecule has 3 aromatic rings. The van der Waals surface area contributed by atoms with E-state index in [2.05, 4.69) is 15.9 Å². The van der Waals surface area contributed by atoms with Crippen molar-refractivity contribution >= 4 is 38.6 Å². The molecule has 4 rings (SSSR count). The monoisotopic (exact) mass is 404 g/mol. The molecule has 0 bridgehead atoms. The Hall–Kier alpha value is -1.66. The van der Waals surface area contributed by atoms with Crippen molar-refractivity contribution in [2.75, 3.05) is 0 Å². The molecular weight excluding hydrogens is 391 g/mol. The minimum Gasteiger partial charge on any atom is -0.284 e. The van der Waals surface area contributed by atoms with Crippen molar-refractivity contribution in [3.63, 3.8) is 0 Å². The summed E-state index contributed by atoms with van der Waals surface area (Å²) in [6, 6.07) is 12.4. The van der Waals surface area contributed by atoms with Gasteiger partial charge in [0.1, 0.15) is 5.82 Å². The Morgan fingerprint density at radius 2 is 2.04 bits per heavy atom. The molecule has 0 aliphatic heterocycles. The van der Waals surface area contributed by atoms with Crippen LogP contribution in [0, 0.1) is 5.82 Å². The fourth-order valence-electron chi connectivity index (χ4n) is 2.66. The highest BCUT2D eigenvalue weighted by molar-refractivity contribution is 9.10. The summed E-state index contributed by atoms with van der Waals surface area (Å²) >= 11 is 4.91. The smallest absolute Gasteiger partial charge is 0.262 e. The lowest BCUT2D eigenvalue weighted by molar-refractivity contribution is 0.617. The molecule has 122 valence electrons. The van der Waals surface area contributed by atoms with Crippen LogP contribution in [0.4, 0.5) is 4.39 Å². The molecule has 0 N–H and O–H groups in total. The zero-order valence-electron chi connectivity index (χ0n) is 12.7. The van der Waals surface area contributed by atoms with Gasteiger partial charge >= 0.3 is 0 Å². The highest BCUT2D eigenvalue weighted by atomic mass is 79.9. The maximum Gasteiger partial charge on any atom is 0.262 e. The van der Waals surface area contributed by atoms with E-state index in [1.165, 1.54) is 23.9 Å². The summed E-state index contributed by atoms with van der Waals surface area (Å²) in [5, 5.41) is 1.40. The molecule has 2 aromatic carbocycles. The van der Waals surface area contributed by atoms with E-state index in [-0.39, 0.29) is 17.4 Å². The van der Waals surface area contributed by atoms with E-state index >= 15 is 0 Å². The summed E-state index contributed by atoms with van der Waals surface area (Å²) in [5.74, 6) is 0.354. The third-order valence-corrected chi connectivity index (χ3v) is 5.80. The highest BCUT2D eigenvalue weighted by Gasteiger charge is 2.28. The third-order valence-electron chi connectivity index (χ3n) is 4.06. The third kappa shape index (κ3) is 3.00. The van der Waals surface area contributed by atoms with Crippen LogP contribution in [-0.2, 0) is 5.75 Å². The SMILES string of the molecule is O=c1c2ccccc2nc(SCc2ccc(F)cc2Br)n1C1CC1. The Bertz CT molecular complexity index is 984. The van der Waals surface area contributed by atoms with E-state index in [9.17, 15) is 9.18 Å². The summed E-state index contributed by atoms with van der Waals surface area (Å²) in [6.07, 6.45) is 2.04. The van der Waals surface area contributed by atoms with Gasteiger partial charge in [-0.25, -0.2) is 9.37 Å². The maximum absolute atomic E-state index is 13.2. The van der Waals surface area contributed by atoms with E-state index in [1.807, 2.05) is 28.8 Å². The summed E-state index contributed by atoms with van der Waals surface area (Å²) < 4.78 is 15.8. The van der Waals surface area contributed by atoms with Crippen LogP contribution in [0.25, 0.3) is 10.9 Å². The largest absolute Gasteiger partial charge is 0.284 e. The van der Waals surface area contributed by atoms with Crippen molar-refractivity contribution in [3.8, 4) is 0 Å². The Labute approximate surface area is 151 Å². The molecule has 3 nitrogen and oxygen atoms in total. The first-order valence-electron chi connectivity index (χ1n) is 7.71. The van der Waals surface area contributed by atoms with Crippen LogP contribution < -0.4 is 5.56 Å². The summed E-state index contributed by atoms with van der Waals surface area (Å²) in [4.78, 5) is 17.5. The Morgan fingerprint density at radius 1 is 1.25 bits per heavy atom. The number of para-hydroxylation sites is 1. The molecule has 0 spiro atoms. The average Bonchev–Trinajstić information content (AvgIpc) is 3.39. The number of halogens is 2. The van der Waals surface area contributed by atoms with Gasteiger partial charge in [-0.05, 0) is 42.7 Å². The number of rotatable bonds is 4. The molecule has 24 heavy (non-hydrogen) atoms. The van der Waals surface area contributed by atoms with E-state index in [0.29, 0.717) is 11.1 Å². The lowest BCUT2D eigenvalue weighted by atomic mass is 10.2. The summed E-state index contributed by atoms with van der Waals surface area (Å²) in [5.41, 5.74) is 1.73.